The molecule has 18 heavy (non-hydrogen) atoms. The molecule has 7 nitrogen and oxygen atoms in total. The Balaban J connectivity index is 2.46. The standard InChI is InChI=1S/C11H18N4O3/c1-9(2)15(7-4-11(17)18)10(16)3-6-14-8-5-12-13-14/h5,8-9H,3-4,6-7H2,1-2H3,(H,17,18). The highest BCUT2D eigenvalue weighted by molar-refractivity contribution is 5.77. The molecular weight excluding hydrogens is 236 g/mol. The van der Waals surface area contributed by atoms with E-state index in [4.69, 9.17) is 5.11 Å². The van der Waals surface area contributed by atoms with Crippen molar-refractivity contribution in [3.63, 3.8) is 0 Å². The number of carboxylic acids is 1. The van der Waals surface area contributed by atoms with Gasteiger partial charge in [0.2, 0.25) is 5.91 Å². The molecule has 100 valence electrons. The average Bonchev–Trinajstić information content (AvgIpc) is 2.78. The summed E-state index contributed by atoms with van der Waals surface area (Å²) in [5, 5.41) is 16.1. The van der Waals surface area contributed by atoms with Crippen molar-refractivity contribution in [3.8, 4) is 0 Å². The molecule has 0 aliphatic heterocycles. The lowest BCUT2D eigenvalue weighted by Crippen LogP contribution is -2.38. The van der Waals surface area contributed by atoms with Gasteiger partial charge in [0.15, 0.2) is 0 Å². The average molecular weight is 254 g/mol. The van der Waals surface area contributed by atoms with Gasteiger partial charge in [0, 0.05) is 25.2 Å². The third kappa shape index (κ3) is 4.52. The van der Waals surface area contributed by atoms with Gasteiger partial charge in [-0.1, -0.05) is 5.21 Å². The predicted octanol–water partition coefficient (Wildman–Crippen LogP) is 0.380. The van der Waals surface area contributed by atoms with Gasteiger partial charge >= 0.3 is 5.97 Å². The molecule has 0 atom stereocenters. The van der Waals surface area contributed by atoms with Crippen LogP contribution in [-0.4, -0.2) is 49.5 Å². The van der Waals surface area contributed by atoms with Crippen LogP contribution in [0.3, 0.4) is 0 Å². The number of rotatable bonds is 7. The second-order valence-corrected chi connectivity index (χ2v) is 4.24. The number of carbonyl (C=O) groups excluding carboxylic acids is 1. The lowest BCUT2D eigenvalue weighted by Gasteiger charge is -2.26. The van der Waals surface area contributed by atoms with Crippen LogP contribution in [0.2, 0.25) is 0 Å². The molecule has 1 rings (SSSR count). The van der Waals surface area contributed by atoms with Crippen molar-refractivity contribution < 1.29 is 14.7 Å². The maximum atomic E-state index is 12.0. The summed E-state index contributed by atoms with van der Waals surface area (Å²) >= 11 is 0. The lowest BCUT2D eigenvalue weighted by molar-refractivity contribution is -0.139. The number of hydrogen-bond acceptors (Lipinski definition) is 4. The summed E-state index contributed by atoms with van der Waals surface area (Å²) in [6.45, 7) is 4.43. The third-order valence-electron chi connectivity index (χ3n) is 2.54. The maximum Gasteiger partial charge on any atom is 0.305 e. The first-order valence-electron chi connectivity index (χ1n) is 5.86. The van der Waals surface area contributed by atoms with Crippen LogP contribution in [0.5, 0.6) is 0 Å². The van der Waals surface area contributed by atoms with Gasteiger partial charge in [-0.3, -0.25) is 14.3 Å². The molecule has 1 heterocycles. The van der Waals surface area contributed by atoms with E-state index in [0.29, 0.717) is 13.0 Å². The number of amides is 1. The molecule has 1 aromatic heterocycles. The quantitative estimate of drug-likeness (QED) is 0.760. The molecular formula is C11H18N4O3. The van der Waals surface area contributed by atoms with Gasteiger partial charge < -0.3 is 10.0 Å². The molecule has 0 fully saturated rings. The van der Waals surface area contributed by atoms with E-state index in [-0.39, 0.29) is 24.9 Å². The van der Waals surface area contributed by atoms with E-state index in [9.17, 15) is 9.59 Å². The number of aryl methyl sites for hydroxylation is 1. The van der Waals surface area contributed by atoms with E-state index in [1.807, 2.05) is 13.8 Å². The minimum absolute atomic E-state index is 0.00686. The Morgan fingerprint density at radius 2 is 2.11 bits per heavy atom. The van der Waals surface area contributed by atoms with Crippen LogP contribution >= 0.6 is 0 Å². The van der Waals surface area contributed by atoms with Gasteiger partial charge in [-0.15, -0.1) is 5.10 Å². The number of carbonyl (C=O) groups is 2. The van der Waals surface area contributed by atoms with Gasteiger partial charge in [-0.25, -0.2) is 0 Å². The fraction of sp³-hybridized carbons (Fsp3) is 0.636. The summed E-state index contributed by atoms with van der Waals surface area (Å²) in [7, 11) is 0. The lowest BCUT2D eigenvalue weighted by atomic mass is 10.2. The highest BCUT2D eigenvalue weighted by Crippen LogP contribution is 2.04. The molecule has 0 radical (unpaired) electrons. The second kappa shape index (κ2) is 6.73. The zero-order valence-electron chi connectivity index (χ0n) is 10.6. The molecule has 0 aromatic carbocycles. The SMILES string of the molecule is CC(C)N(CCC(=O)O)C(=O)CCn1ccnn1. The fourth-order valence-electron chi connectivity index (χ4n) is 1.59. The van der Waals surface area contributed by atoms with Crippen molar-refractivity contribution in [1.82, 2.24) is 19.9 Å². The first-order valence-corrected chi connectivity index (χ1v) is 5.86. The first kappa shape index (κ1) is 14.1. The summed E-state index contributed by atoms with van der Waals surface area (Å²) in [5.41, 5.74) is 0. The number of nitrogens with zero attached hydrogens (tertiary/aromatic N) is 4. The van der Waals surface area contributed by atoms with E-state index < -0.39 is 5.97 Å². The summed E-state index contributed by atoms with van der Waals surface area (Å²) < 4.78 is 1.58. The Labute approximate surface area is 105 Å². The van der Waals surface area contributed by atoms with Crippen molar-refractivity contribution in [2.75, 3.05) is 6.54 Å². The summed E-state index contributed by atoms with van der Waals surface area (Å²) in [6, 6.07) is -0.00686. The molecule has 1 amide bonds. The molecule has 0 bridgehead atoms. The Hall–Kier alpha value is -1.92. The van der Waals surface area contributed by atoms with Crippen LogP contribution in [0, 0.1) is 0 Å². The van der Waals surface area contributed by atoms with Gasteiger partial charge in [-0.2, -0.15) is 0 Å². The minimum atomic E-state index is -0.898. The minimum Gasteiger partial charge on any atom is -0.481 e. The molecule has 0 aliphatic carbocycles. The van der Waals surface area contributed by atoms with Gasteiger partial charge in [0.05, 0.1) is 19.2 Å². The fourth-order valence-corrected chi connectivity index (χ4v) is 1.59. The van der Waals surface area contributed by atoms with Gasteiger partial charge in [-0.05, 0) is 13.8 Å². The summed E-state index contributed by atoms with van der Waals surface area (Å²) in [5.74, 6) is -0.966. The third-order valence-corrected chi connectivity index (χ3v) is 2.54. The second-order valence-electron chi connectivity index (χ2n) is 4.24. The highest BCUT2D eigenvalue weighted by Gasteiger charge is 2.17. The monoisotopic (exact) mass is 254 g/mol. The van der Waals surface area contributed by atoms with Crippen LogP contribution in [0.25, 0.3) is 0 Å². The molecule has 1 N–H and O–H groups in total. The number of aliphatic carboxylic acids is 1. The van der Waals surface area contributed by atoms with Crippen molar-refractivity contribution in [2.24, 2.45) is 0 Å². The smallest absolute Gasteiger partial charge is 0.305 e. The van der Waals surface area contributed by atoms with Crippen LogP contribution in [0.15, 0.2) is 12.4 Å². The summed E-state index contributed by atoms with van der Waals surface area (Å²) in [4.78, 5) is 24.1. The van der Waals surface area contributed by atoms with Crippen LogP contribution < -0.4 is 0 Å². The van der Waals surface area contributed by atoms with Crippen LogP contribution in [0.4, 0.5) is 0 Å². The normalized spacial score (nSPS) is 10.6. The number of carboxylic acid groups (broad SMARTS) is 1. The van der Waals surface area contributed by atoms with Crippen molar-refractivity contribution in [3.05, 3.63) is 12.4 Å². The van der Waals surface area contributed by atoms with Crippen LogP contribution in [-0.2, 0) is 16.1 Å². The maximum absolute atomic E-state index is 12.0. The molecule has 0 saturated carbocycles. The molecule has 0 unspecified atom stereocenters. The largest absolute Gasteiger partial charge is 0.481 e. The van der Waals surface area contributed by atoms with E-state index in [1.54, 1.807) is 22.0 Å². The molecule has 0 aliphatic rings. The van der Waals surface area contributed by atoms with Crippen molar-refractivity contribution in [2.45, 2.75) is 39.3 Å². The zero-order valence-corrected chi connectivity index (χ0v) is 10.6. The number of hydrogen-bond donors (Lipinski definition) is 1. The van der Waals surface area contributed by atoms with Crippen molar-refractivity contribution in [1.29, 1.82) is 0 Å². The zero-order chi connectivity index (χ0) is 13.5. The topological polar surface area (TPSA) is 88.3 Å². The van der Waals surface area contributed by atoms with E-state index in [1.165, 1.54) is 0 Å². The number of aromatic nitrogens is 3. The first-order chi connectivity index (χ1) is 8.50. The van der Waals surface area contributed by atoms with Crippen molar-refractivity contribution >= 4 is 11.9 Å². The van der Waals surface area contributed by atoms with Crippen LogP contribution in [0.1, 0.15) is 26.7 Å². The van der Waals surface area contributed by atoms with Gasteiger partial charge in [0.25, 0.3) is 0 Å². The van der Waals surface area contributed by atoms with E-state index >= 15 is 0 Å². The van der Waals surface area contributed by atoms with E-state index in [0.717, 1.165) is 0 Å². The Bertz CT molecular complexity index is 389. The highest BCUT2D eigenvalue weighted by atomic mass is 16.4. The van der Waals surface area contributed by atoms with Gasteiger partial charge in [0.1, 0.15) is 0 Å². The molecule has 0 spiro atoms. The molecule has 7 heteroatoms. The van der Waals surface area contributed by atoms with E-state index in [2.05, 4.69) is 10.3 Å². The Morgan fingerprint density at radius 1 is 1.39 bits per heavy atom. The predicted molar refractivity (Wildman–Crippen MR) is 63.7 cm³/mol. The Kier molecular flexibility index (Phi) is 5.29. The Morgan fingerprint density at radius 3 is 2.61 bits per heavy atom. The summed E-state index contributed by atoms with van der Waals surface area (Å²) in [6.07, 6.45) is 3.49. The molecule has 1 aromatic rings. The molecule has 0 saturated heterocycles.